The molecule has 0 unspecified atom stereocenters. The second kappa shape index (κ2) is 3.73. The van der Waals surface area contributed by atoms with Crippen molar-refractivity contribution in [2.45, 2.75) is 13.0 Å². The molecule has 4 heteroatoms. The van der Waals surface area contributed by atoms with E-state index in [1.165, 1.54) is 12.1 Å². The molecule has 0 aliphatic carbocycles. The molecule has 0 fully saturated rings. The third-order valence-corrected chi connectivity index (χ3v) is 1.68. The second-order valence-electron chi connectivity index (χ2n) is 2.61. The first-order valence-electron chi connectivity index (χ1n) is 3.60. The number of hydrogen-bond acceptors (Lipinski definition) is 2. The van der Waals surface area contributed by atoms with E-state index in [1.807, 2.05) is 6.92 Å². The fourth-order valence-electron chi connectivity index (χ4n) is 0.876. The summed E-state index contributed by atoms with van der Waals surface area (Å²) in [6, 6.07) is 2.59. The zero-order chi connectivity index (χ0) is 9.90. The molecular formula is C9H7F2NS. The van der Waals surface area contributed by atoms with Crippen LogP contribution in [-0.2, 0) is 6.05 Å². The summed E-state index contributed by atoms with van der Waals surface area (Å²) in [6.07, 6.45) is 0. The Morgan fingerprint density at radius 1 is 1.31 bits per heavy atom. The van der Waals surface area contributed by atoms with E-state index in [0.717, 1.165) is 5.56 Å². The molecule has 0 aliphatic rings. The SMILES string of the molecule is Cc1ccc(C(F)(F)N=C=S)cc1. The van der Waals surface area contributed by atoms with Gasteiger partial charge in [-0.2, -0.15) is 13.8 Å². The van der Waals surface area contributed by atoms with Crippen LogP contribution in [-0.4, -0.2) is 5.16 Å². The van der Waals surface area contributed by atoms with E-state index < -0.39 is 6.05 Å². The van der Waals surface area contributed by atoms with Gasteiger partial charge in [-0.3, -0.25) is 0 Å². The molecule has 0 aliphatic heterocycles. The smallest absolute Gasteiger partial charge is 0.175 e. The molecule has 0 atom stereocenters. The van der Waals surface area contributed by atoms with Crippen molar-refractivity contribution in [3.05, 3.63) is 35.4 Å². The van der Waals surface area contributed by atoms with Crippen molar-refractivity contribution in [1.82, 2.24) is 0 Å². The summed E-state index contributed by atoms with van der Waals surface area (Å²) in [7, 11) is 0. The monoisotopic (exact) mass is 199 g/mol. The number of aryl methyl sites for hydroxylation is 1. The minimum Gasteiger partial charge on any atom is -0.175 e. The maximum atomic E-state index is 13.0. The maximum absolute atomic E-state index is 13.0. The van der Waals surface area contributed by atoms with E-state index in [-0.39, 0.29) is 5.56 Å². The summed E-state index contributed by atoms with van der Waals surface area (Å²) >= 11 is 4.13. The minimum atomic E-state index is -3.25. The highest BCUT2D eigenvalue weighted by molar-refractivity contribution is 7.78. The van der Waals surface area contributed by atoms with Gasteiger partial charge in [-0.05, 0) is 19.1 Å². The van der Waals surface area contributed by atoms with Gasteiger partial charge in [0.25, 0.3) is 0 Å². The van der Waals surface area contributed by atoms with Crippen LogP contribution in [0, 0.1) is 6.92 Å². The Morgan fingerprint density at radius 3 is 2.31 bits per heavy atom. The average molecular weight is 199 g/mol. The van der Waals surface area contributed by atoms with Gasteiger partial charge < -0.3 is 0 Å². The summed E-state index contributed by atoms with van der Waals surface area (Å²) in [6.45, 7) is 1.82. The zero-order valence-corrected chi connectivity index (χ0v) is 7.74. The Kier molecular flexibility index (Phi) is 2.86. The van der Waals surface area contributed by atoms with Gasteiger partial charge in [0.2, 0.25) is 0 Å². The van der Waals surface area contributed by atoms with Crippen LogP contribution < -0.4 is 0 Å². The topological polar surface area (TPSA) is 12.4 Å². The Labute approximate surface area is 80.1 Å². The maximum Gasteiger partial charge on any atom is 0.377 e. The van der Waals surface area contributed by atoms with Crippen molar-refractivity contribution in [1.29, 1.82) is 0 Å². The molecule has 0 spiro atoms. The highest BCUT2D eigenvalue weighted by Gasteiger charge is 2.29. The summed E-state index contributed by atoms with van der Waals surface area (Å²) in [5.41, 5.74) is 0.751. The highest BCUT2D eigenvalue weighted by atomic mass is 32.1. The van der Waals surface area contributed by atoms with Crippen LogP contribution in [0.5, 0.6) is 0 Å². The van der Waals surface area contributed by atoms with Gasteiger partial charge in [0.05, 0.1) is 5.16 Å². The normalized spacial score (nSPS) is 10.7. The molecule has 0 aromatic heterocycles. The largest absolute Gasteiger partial charge is 0.377 e. The molecule has 1 aromatic carbocycles. The van der Waals surface area contributed by atoms with Gasteiger partial charge in [-0.25, -0.2) is 0 Å². The number of nitrogens with zero attached hydrogens (tertiary/aromatic N) is 1. The van der Waals surface area contributed by atoms with E-state index in [2.05, 4.69) is 17.2 Å². The summed E-state index contributed by atoms with van der Waals surface area (Å²) in [4.78, 5) is 2.79. The number of thiocarbonyl (C=S) groups is 1. The average Bonchev–Trinajstić information content (AvgIpc) is 2.05. The lowest BCUT2D eigenvalue weighted by molar-refractivity contribution is 0.00711. The molecule has 0 saturated carbocycles. The van der Waals surface area contributed by atoms with Crippen molar-refractivity contribution < 1.29 is 8.78 Å². The Hall–Kier alpha value is -1.12. The Bertz CT molecular complexity index is 339. The van der Waals surface area contributed by atoms with E-state index >= 15 is 0 Å². The van der Waals surface area contributed by atoms with Gasteiger partial charge in [0.15, 0.2) is 0 Å². The molecule has 0 heterocycles. The predicted octanol–water partition coefficient (Wildman–Crippen LogP) is 3.15. The molecule has 1 rings (SSSR count). The van der Waals surface area contributed by atoms with Crippen LogP contribution in [0.3, 0.4) is 0 Å². The van der Waals surface area contributed by atoms with Crippen LogP contribution in [0.1, 0.15) is 11.1 Å². The fourth-order valence-corrected chi connectivity index (χ4v) is 0.991. The van der Waals surface area contributed by atoms with E-state index in [4.69, 9.17) is 0 Å². The first-order valence-corrected chi connectivity index (χ1v) is 4.01. The van der Waals surface area contributed by atoms with Crippen molar-refractivity contribution in [3.63, 3.8) is 0 Å². The molecule has 1 aromatic rings. The number of alkyl halides is 2. The molecular weight excluding hydrogens is 192 g/mol. The van der Waals surface area contributed by atoms with Gasteiger partial charge in [0, 0.05) is 5.56 Å². The van der Waals surface area contributed by atoms with Crippen LogP contribution in [0.25, 0.3) is 0 Å². The number of hydrogen-bond donors (Lipinski definition) is 0. The third kappa shape index (κ3) is 2.41. The summed E-state index contributed by atoms with van der Waals surface area (Å²) in [5, 5.41) is 1.68. The quantitative estimate of drug-likeness (QED) is 0.405. The molecule has 0 radical (unpaired) electrons. The number of rotatable bonds is 2. The van der Waals surface area contributed by atoms with Crippen LogP contribution in [0.2, 0.25) is 0 Å². The van der Waals surface area contributed by atoms with Crippen molar-refractivity contribution in [2.24, 2.45) is 4.99 Å². The van der Waals surface area contributed by atoms with Crippen LogP contribution in [0.4, 0.5) is 8.78 Å². The minimum absolute atomic E-state index is 0.171. The second-order valence-corrected chi connectivity index (χ2v) is 2.79. The number of isothiocyanates is 1. The van der Waals surface area contributed by atoms with Crippen molar-refractivity contribution >= 4 is 17.4 Å². The van der Waals surface area contributed by atoms with E-state index in [1.54, 1.807) is 17.3 Å². The van der Waals surface area contributed by atoms with Crippen LogP contribution in [0.15, 0.2) is 29.3 Å². The molecule has 13 heavy (non-hydrogen) atoms. The van der Waals surface area contributed by atoms with Gasteiger partial charge in [-0.1, -0.05) is 29.8 Å². The molecule has 0 amide bonds. The zero-order valence-electron chi connectivity index (χ0n) is 6.92. The Balaban J connectivity index is 3.07. The number of aliphatic imine (C=N–C) groups is 1. The molecule has 1 nitrogen and oxygen atoms in total. The fraction of sp³-hybridized carbons (Fsp3) is 0.222. The summed E-state index contributed by atoms with van der Waals surface area (Å²) < 4.78 is 26.0. The predicted molar refractivity (Wildman–Crippen MR) is 50.1 cm³/mol. The van der Waals surface area contributed by atoms with Crippen molar-refractivity contribution in [3.8, 4) is 0 Å². The lowest BCUT2D eigenvalue weighted by Gasteiger charge is -2.09. The molecule has 0 N–H and O–H groups in total. The lowest BCUT2D eigenvalue weighted by atomic mass is 10.1. The van der Waals surface area contributed by atoms with Crippen LogP contribution >= 0.6 is 12.2 Å². The van der Waals surface area contributed by atoms with Gasteiger partial charge in [0.1, 0.15) is 0 Å². The van der Waals surface area contributed by atoms with Gasteiger partial charge >= 0.3 is 6.05 Å². The highest BCUT2D eigenvalue weighted by Crippen LogP contribution is 2.28. The first kappa shape index (κ1) is 9.96. The molecule has 0 bridgehead atoms. The van der Waals surface area contributed by atoms with Gasteiger partial charge in [-0.15, -0.1) is 0 Å². The number of benzene rings is 1. The first-order chi connectivity index (χ1) is 6.06. The standard InChI is InChI=1S/C9H7F2NS/c1-7-2-4-8(5-3-7)9(10,11)12-6-13/h2-5H,1H3. The Morgan fingerprint density at radius 2 is 1.85 bits per heavy atom. The lowest BCUT2D eigenvalue weighted by Crippen LogP contribution is -2.08. The molecule has 68 valence electrons. The third-order valence-electron chi connectivity index (χ3n) is 1.58. The van der Waals surface area contributed by atoms with Crippen molar-refractivity contribution in [2.75, 3.05) is 0 Å². The number of halogens is 2. The molecule has 0 saturated heterocycles. The van der Waals surface area contributed by atoms with E-state index in [9.17, 15) is 8.78 Å². The van der Waals surface area contributed by atoms with E-state index in [0.29, 0.717) is 0 Å². The summed E-state index contributed by atoms with van der Waals surface area (Å²) in [5.74, 6) is 0.